The first kappa shape index (κ1) is 55.0. The van der Waals surface area contributed by atoms with Crippen LogP contribution in [0.5, 0.6) is 0 Å². The minimum absolute atomic E-state index is 0.0657. The van der Waals surface area contributed by atoms with Crippen LogP contribution < -0.4 is 15.4 Å². The summed E-state index contributed by atoms with van der Waals surface area (Å²) in [4.78, 5) is 19.8. The molecule has 1 aliphatic heterocycles. The van der Waals surface area contributed by atoms with Gasteiger partial charge in [-0.25, -0.2) is 16.8 Å². The zero-order chi connectivity index (χ0) is 52.5. The minimum Gasteiger partial charge on any atom is -0.380 e. The molecule has 386 valence electrons. The van der Waals surface area contributed by atoms with Gasteiger partial charge in [0.15, 0.2) is 0 Å². The Morgan fingerprint density at radius 2 is 1.51 bits per heavy atom. The van der Waals surface area contributed by atoms with Crippen LogP contribution in [-0.2, 0) is 26.9 Å². The van der Waals surface area contributed by atoms with E-state index in [1.807, 2.05) is 116 Å². The number of hydrogen-bond donors (Lipinski definition) is 3. The number of likely N-dealkylation sites (N-methyl/N-ethyl adjacent to an activating group) is 1. The molecular formula is C54H59ClF3N7O5S3. The number of hydrogen-bond acceptors (Lipinski definition) is 10. The number of carbonyl (C=O) groups is 1. The van der Waals surface area contributed by atoms with Gasteiger partial charge in [0, 0.05) is 89.6 Å². The first-order valence-corrected chi connectivity index (χ1v) is 28.0. The van der Waals surface area contributed by atoms with Gasteiger partial charge in [-0.2, -0.15) is 13.2 Å². The maximum atomic E-state index is 14.2. The molecule has 6 aromatic rings. The van der Waals surface area contributed by atoms with Crippen LogP contribution in [0.25, 0.3) is 22.4 Å². The van der Waals surface area contributed by atoms with E-state index < -0.39 is 41.2 Å². The average molecular weight is 1070 g/mol. The molecule has 1 atom stereocenters. The third kappa shape index (κ3) is 14.1. The Morgan fingerprint density at radius 3 is 2.18 bits per heavy atom. The van der Waals surface area contributed by atoms with Crippen LogP contribution in [0.15, 0.2) is 136 Å². The van der Waals surface area contributed by atoms with Gasteiger partial charge in [-0.1, -0.05) is 65.9 Å². The fourth-order valence-electron chi connectivity index (χ4n) is 8.38. The Morgan fingerprint density at radius 1 is 0.822 bits per heavy atom. The number of nitrogens with one attached hydrogen (secondary N) is 3. The highest BCUT2D eigenvalue weighted by atomic mass is 35.5. The molecule has 12 nitrogen and oxygen atoms in total. The van der Waals surface area contributed by atoms with Gasteiger partial charge in [0.2, 0.25) is 0 Å². The Kier molecular flexibility index (Phi) is 18.1. The molecule has 19 heteroatoms. The summed E-state index contributed by atoms with van der Waals surface area (Å²) >= 11 is 7.75. The Bertz CT molecular complexity index is 3170. The van der Waals surface area contributed by atoms with E-state index in [-0.39, 0.29) is 17.3 Å². The van der Waals surface area contributed by atoms with Crippen molar-refractivity contribution < 1.29 is 34.8 Å². The van der Waals surface area contributed by atoms with Gasteiger partial charge in [-0.3, -0.25) is 9.52 Å². The monoisotopic (exact) mass is 1070 g/mol. The van der Waals surface area contributed by atoms with Gasteiger partial charge >= 0.3 is 5.51 Å². The average Bonchev–Trinajstić information content (AvgIpc) is 3.63. The number of sulfone groups is 1. The smallest absolute Gasteiger partial charge is 0.380 e. The first-order valence-electron chi connectivity index (χ1n) is 23.6. The number of aromatic nitrogens is 1. The summed E-state index contributed by atoms with van der Waals surface area (Å²) in [6.45, 7) is 7.94. The van der Waals surface area contributed by atoms with E-state index in [0.29, 0.717) is 53.0 Å². The third-order valence-electron chi connectivity index (χ3n) is 12.5. The number of piperazine rings is 1. The lowest BCUT2D eigenvalue weighted by molar-refractivity contribution is -0.0435. The molecule has 0 spiro atoms. The molecule has 5 aromatic carbocycles. The minimum atomic E-state index is -6.01. The van der Waals surface area contributed by atoms with Crippen LogP contribution in [-0.4, -0.2) is 126 Å². The van der Waals surface area contributed by atoms with E-state index in [1.165, 1.54) is 23.9 Å². The van der Waals surface area contributed by atoms with Gasteiger partial charge in [0.1, 0.15) is 4.90 Å². The third-order valence-corrected chi connectivity index (χ3v) is 16.9. The normalized spacial score (nSPS) is 14.1. The summed E-state index contributed by atoms with van der Waals surface area (Å²) in [5, 5.41) is 6.74. The second kappa shape index (κ2) is 24.1. The predicted octanol–water partition coefficient (Wildman–Crippen LogP) is 9.71. The van der Waals surface area contributed by atoms with Crippen molar-refractivity contribution in [2.24, 2.45) is 7.05 Å². The molecule has 1 aromatic heterocycles. The maximum absolute atomic E-state index is 14.2. The van der Waals surface area contributed by atoms with Gasteiger partial charge < -0.3 is 29.9 Å². The highest BCUT2D eigenvalue weighted by molar-refractivity contribution is 7.99. The molecule has 0 aliphatic carbocycles. The number of thioether (sulfide) groups is 1. The van der Waals surface area contributed by atoms with Crippen molar-refractivity contribution in [2.45, 2.75) is 46.0 Å². The van der Waals surface area contributed by atoms with E-state index in [2.05, 4.69) is 44.0 Å². The molecule has 0 saturated carbocycles. The van der Waals surface area contributed by atoms with Crippen molar-refractivity contribution in [1.29, 1.82) is 0 Å². The predicted molar refractivity (Wildman–Crippen MR) is 288 cm³/mol. The Labute approximate surface area is 436 Å². The molecule has 1 aliphatic rings. The summed E-state index contributed by atoms with van der Waals surface area (Å²) in [6, 6.07) is 32.6. The van der Waals surface area contributed by atoms with Crippen molar-refractivity contribution in [1.82, 2.24) is 24.6 Å². The van der Waals surface area contributed by atoms with E-state index in [9.17, 15) is 34.8 Å². The second-order valence-electron chi connectivity index (χ2n) is 18.2. The van der Waals surface area contributed by atoms with Crippen molar-refractivity contribution in [3.63, 3.8) is 0 Å². The number of rotatable bonds is 19. The molecule has 0 radical (unpaired) electrons. The topological polar surface area (TPSA) is 136 Å². The van der Waals surface area contributed by atoms with Crippen molar-refractivity contribution in [3.05, 3.63) is 149 Å². The lowest BCUT2D eigenvalue weighted by Crippen LogP contribution is -2.45. The molecule has 1 amide bonds. The Balaban J connectivity index is 1.10. The van der Waals surface area contributed by atoms with Crippen molar-refractivity contribution >= 4 is 60.5 Å². The molecule has 73 heavy (non-hydrogen) atoms. The Hall–Kier alpha value is -5.78. The van der Waals surface area contributed by atoms with E-state index >= 15 is 0 Å². The number of amides is 1. The van der Waals surface area contributed by atoms with Crippen LogP contribution in [0.4, 0.5) is 24.5 Å². The summed E-state index contributed by atoms with van der Waals surface area (Å²) in [5.74, 6) is 6.49. The number of nitrogens with zero attached hydrogens (tertiary/aromatic N) is 4. The largest absolute Gasteiger partial charge is 0.501 e. The number of halogens is 4. The summed E-state index contributed by atoms with van der Waals surface area (Å²) in [6.07, 6.45) is 1.27. The summed E-state index contributed by atoms with van der Waals surface area (Å²) in [5.41, 5.74) is -0.268. The SMILES string of the molecule is Cc1c(C(=O)NCCCN2CCN(C)CC2)c(-c2cccc(C#Cc3ccc(NS(=O)(=O)c4ccc(N[C@H](CCN(C)C)CSc5ccccc5)c(S(=O)(=O)C(F)(F)F)c4)cc3)c2)c(-c2ccc(Cl)cc2)n1C. The molecule has 7 rings (SSSR count). The number of anilines is 2. The van der Waals surface area contributed by atoms with Crippen LogP contribution in [0.2, 0.25) is 5.02 Å². The summed E-state index contributed by atoms with van der Waals surface area (Å²) in [7, 11) is -2.86. The second-order valence-corrected chi connectivity index (χ2v) is 23.3. The van der Waals surface area contributed by atoms with Gasteiger partial charge in [0.05, 0.1) is 21.8 Å². The summed E-state index contributed by atoms with van der Waals surface area (Å²) < 4.78 is 100. The molecule has 1 saturated heterocycles. The van der Waals surface area contributed by atoms with Gasteiger partial charge in [-0.15, -0.1) is 11.8 Å². The highest BCUT2D eigenvalue weighted by Gasteiger charge is 2.48. The van der Waals surface area contributed by atoms with Crippen molar-refractivity contribution in [2.75, 3.05) is 82.7 Å². The molecule has 0 bridgehead atoms. The zero-order valence-electron chi connectivity index (χ0n) is 41.3. The lowest BCUT2D eigenvalue weighted by atomic mass is 9.95. The zero-order valence-corrected chi connectivity index (χ0v) is 44.5. The van der Waals surface area contributed by atoms with Crippen LogP contribution in [0.1, 0.15) is 40.0 Å². The number of sulfonamides is 1. The van der Waals surface area contributed by atoms with Gasteiger partial charge in [0.25, 0.3) is 25.8 Å². The molecular weight excluding hydrogens is 1020 g/mol. The standard InChI is InChI=1S/C54H59ClF3N7O5S3/c1-38-50(53(66)59-28-10-29-65-33-31-63(4)32-34-65)51(52(64(38)5)41-19-21-43(55)22-20-41)42-12-9-11-40(35-42)16-15-39-17-23-44(24-18-39)61-73(69,70)47-25-26-48(49(36-47)72(67,68)54(56,57)58)60-45(27-30-62(2)3)37-71-46-13-7-6-8-14-46/h6-9,11-14,17-26,35-36,45,60-61H,10,27-34,37H2,1-5H3,(H,59,66)/t45-/m1/s1. The number of carbonyl (C=O) groups excluding carboxylic acids is 1. The van der Waals surface area contributed by atoms with Crippen molar-refractivity contribution in [3.8, 4) is 34.2 Å². The first-order chi connectivity index (χ1) is 34.7. The number of benzene rings is 5. The fraction of sp³-hybridized carbons (Fsp3) is 0.315. The molecule has 0 unspecified atom stereocenters. The van der Waals surface area contributed by atoms with Crippen LogP contribution in [0.3, 0.4) is 0 Å². The molecule has 1 fully saturated rings. The van der Waals surface area contributed by atoms with E-state index in [1.54, 1.807) is 12.1 Å². The van der Waals surface area contributed by atoms with Gasteiger partial charge in [-0.05, 0) is 144 Å². The molecule has 2 heterocycles. The fourth-order valence-corrected chi connectivity index (χ4v) is 11.6. The highest BCUT2D eigenvalue weighted by Crippen LogP contribution is 2.40. The van der Waals surface area contributed by atoms with E-state index in [4.69, 9.17) is 11.6 Å². The number of alkyl halides is 3. The van der Waals surface area contributed by atoms with E-state index in [0.717, 1.165) is 84.3 Å². The van der Waals surface area contributed by atoms with Crippen LogP contribution >= 0.6 is 23.4 Å². The lowest BCUT2D eigenvalue weighted by Gasteiger charge is -2.32. The maximum Gasteiger partial charge on any atom is 0.501 e. The molecule has 3 N–H and O–H groups in total. The quantitative estimate of drug-likeness (QED) is 0.0409. The van der Waals surface area contributed by atoms with Crippen LogP contribution in [0, 0.1) is 18.8 Å².